The van der Waals surface area contributed by atoms with E-state index in [1.165, 1.54) is 32.1 Å². The third kappa shape index (κ3) is 3.72. The highest BCUT2D eigenvalue weighted by atomic mass is 35.5. The molecule has 2 rings (SSSR count). The molecule has 1 aliphatic carbocycles. The molecule has 0 aliphatic heterocycles. The second kappa shape index (κ2) is 7.15. The highest BCUT2D eigenvalue weighted by molar-refractivity contribution is 6.18. The minimum absolute atomic E-state index is 0.736. The van der Waals surface area contributed by atoms with Crippen LogP contribution in [0, 0.1) is 6.92 Å². The molecule has 0 amide bonds. The first-order chi connectivity index (χ1) is 8.81. The fourth-order valence-corrected chi connectivity index (χ4v) is 3.13. The fraction of sp³-hybridized carbons (Fsp3) is 0.786. The first-order valence-corrected chi connectivity index (χ1v) is 7.62. The normalized spacial score (nSPS) is 17.5. The predicted octanol–water partition coefficient (Wildman–Crippen LogP) is 3.07. The minimum atomic E-state index is 0.736. The second-order valence-corrected chi connectivity index (χ2v) is 5.56. The molecule has 0 spiro atoms. The minimum Gasteiger partial charge on any atom is -0.334 e. The molecule has 4 heteroatoms. The molecule has 1 aromatic rings. The average Bonchev–Trinajstić information content (AvgIpc) is 2.81. The molecule has 0 unspecified atom stereocenters. The summed E-state index contributed by atoms with van der Waals surface area (Å²) < 4.78 is 2.23. The molecule has 0 radical (unpaired) electrons. The van der Waals surface area contributed by atoms with Gasteiger partial charge < -0.3 is 4.57 Å². The lowest BCUT2D eigenvalue weighted by Crippen LogP contribution is -2.40. The van der Waals surface area contributed by atoms with Gasteiger partial charge in [0.2, 0.25) is 0 Å². The SMILES string of the molecule is Cc1nccn1CCN(CCCl)C1CCCCC1. The molecule has 0 saturated heterocycles. The molecule has 0 bridgehead atoms. The van der Waals surface area contributed by atoms with Gasteiger partial charge in [0, 0.05) is 43.9 Å². The van der Waals surface area contributed by atoms with Crippen molar-refractivity contribution < 1.29 is 0 Å². The summed E-state index contributed by atoms with van der Waals surface area (Å²) in [7, 11) is 0. The van der Waals surface area contributed by atoms with Crippen molar-refractivity contribution in [2.24, 2.45) is 0 Å². The van der Waals surface area contributed by atoms with Gasteiger partial charge in [0.1, 0.15) is 5.82 Å². The van der Waals surface area contributed by atoms with Crippen LogP contribution in [0.3, 0.4) is 0 Å². The number of aromatic nitrogens is 2. The molecule has 1 aliphatic rings. The number of imidazole rings is 1. The van der Waals surface area contributed by atoms with Crippen molar-refractivity contribution in [2.75, 3.05) is 19.0 Å². The summed E-state index contributed by atoms with van der Waals surface area (Å²) in [5.41, 5.74) is 0. The molecular formula is C14H24ClN3. The van der Waals surface area contributed by atoms with Crippen LogP contribution in [0.5, 0.6) is 0 Å². The lowest BCUT2D eigenvalue weighted by atomic mass is 9.94. The third-order valence-electron chi connectivity index (χ3n) is 4.01. The first-order valence-electron chi connectivity index (χ1n) is 7.09. The number of hydrogen-bond acceptors (Lipinski definition) is 2. The van der Waals surface area contributed by atoms with E-state index in [2.05, 4.69) is 27.6 Å². The van der Waals surface area contributed by atoms with Gasteiger partial charge in [-0.1, -0.05) is 19.3 Å². The Morgan fingerprint density at radius 1 is 1.33 bits per heavy atom. The highest BCUT2D eigenvalue weighted by Crippen LogP contribution is 2.22. The number of rotatable bonds is 6. The Kier molecular flexibility index (Phi) is 5.51. The third-order valence-corrected chi connectivity index (χ3v) is 4.18. The molecule has 18 heavy (non-hydrogen) atoms. The van der Waals surface area contributed by atoms with Crippen LogP contribution in [-0.2, 0) is 6.54 Å². The van der Waals surface area contributed by atoms with Gasteiger partial charge in [0.15, 0.2) is 0 Å². The quantitative estimate of drug-likeness (QED) is 0.740. The van der Waals surface area contributed by atoms with Crippen molar-refractivity contribution in [1.29, 1.82) is 0 Å². The monoisotopic (exact) mass is 269 g/mol. The van der Waals surface area contributed by atoms with E-state index in [0.29, 0.717) is 0 Å². The van der Waals surface area contributed by atoms with Gasteiger partial charge in [-0.2, -0.15) is 0 Å². The van der Waals surface area contributed by atoms with Crippen molar-refractivity contribution in [1.82, 2.24) is 14.5 Å². The maximum atomic E-state index is 5.95. The van der Waals surface area contributed by atoms with E-state index in [4.69, 9.17) is 11.6 Å². The Balaban J connectivity index is 1.87. The lowest BCUT2D eigenvalue weighted by molar-refractivity contribution is 0.159. The van der Waals surface area contributed by atoms with Crippen molar-refractivity contribution in [3.8, 4) is 0 Å². The zero-order chi connectivity index (χ0) is 12.8. The number of aryl methyl sites for hydroxylation is 1. The van der Waals surface area contributed by atoms with Gasteiger partial charge in [-0.25, -0.2) is 4.98 Å². The molecule has 0 N–H and O–H groups in total. The van der Waals surface area contributed by atoms with Crippen LogP contribution < -0.4 is 0 Å². The van der Waals surface area contributed by atoms with Crippen LogP contribution in [0.1, 0.15) is 37.9 Å². The Morgan fingerprint density at radius 3 is 2.72 bits per heavy atom. The zero-order valence-electron chi connectivity index (χ0n) is 11.3. The summed E-state index contributed by atoms with van der Waals surface area (Å²) in [6.45, 7) is 5.19. The van der Waals surface area contributed by atoms with Crippen LogP contribution in [0.25, 0.3) is 0 Å². The van der Waals surface area contributed by atoms with Crippen LogP contribution in [0.2, 0.25) is 0 Å². The smallest absolute Gasteiger partial charge is 0.105 e. The number of halogens is 1. The largest absolute Gasteiger partial charge is 0.334 e. The Hall–Kier alpha value is -0.540. The van der Waals surface area contributed by atoms with E-state index < -0.39 is 0 Å². The number of alkyl halides is 1. The van der Waals surface area contributed by atoms with E-state index in [-0.39, 0.29) is 0 Å². The molecule has 0 atom stereocenters. The van der Waals surface area contributed by atoms with Gasteiger partial charge in [-0.3, -0.25) is 4.90 Å². The van der Waals surface area contributed by atoms with Gasteiger partial charge in [-0.15, -0.1) is 11.6 Å². The maximum absolute atomic E-state index is 5.95. The van der Waals surface area contributed by atoms with E-state index in [1.807, 2.05) is 6.20 Å². The molecule has 0 aromatic carbocycles. The van der Waals surface area contributed by atoms with E-state index in [1.54, 1.807) is 0 Å². The average molecular weight is 270 g/mol. The summed E-state index contributed by atoms with van der Waals surface area (Å²) in [4.78, 5) is 6.85. The van der Waals surface area contributed by atoms with Gasteiger partial charge in [0.05, 0.1) is 0 Å². The Bertz CT molecular complexity index is 345. The van der Waals surface area contributed by atoms with Gasteiger partial charge >= 0.3 is 0 Å². The summed E-state index contributed by atoms with van der Waals surface area (Å²) in [5, 5.41) is 0. The van der Waals surface area contributed by atoms with Crippen molar-refractivity contribution in [2.45, 2.75) is 51.6 Å². The Morgan fingerprint density at radius 2 is 2.11 bits per heavy atom. The first kappa shape index (κ1) is 13.9. The summed E-state index contributed by atoms with van der Waals surface area (Å²) in [5.74, 6) is 1.84. The van der Waals surface area contributed by atoms with Crippen LogP contribution >= 0.6 is 11.6 Å². The van der Waals surface area contributed by atoms with E-state index >= 15 is 0 Å². The fourth-order valence-electron chi connectivity index (χ4n) is 2.91. The van der Waals surface area contributed by atoms with Crippen molar-refractivity contribution in [3.05, 3.63) is 18.2 Å². The summed E-state index contributed by atoms with van der Waals surface area (Å²) >= 11 is 5.95. The topological polar surface area (TPSA) is 21.1 Å². The van der Waals surface area contributed by atoms with E-state index in [9.17, 15) is 0 Å². The van der Waals surface area contributed by atoms with Crippen molar-refractivity contribution in [3.63, 3.8) is 0 Å². The second-order valence-electron chi connectivity index (χ2n) is 5.18. The molecule has 1 heterocycles. The molecule has 3 nitrogen and oxygen atoms in total. The predicted molar refractivity (Wildman–Crippen MR) is 76.1 cm³/mol. The van der Waals surface area contributed by atoms with Crippen LogP contribution in [0.4, 0.5) is 0 Å². The molecule has 1 fully saturated rings. The zero-order valence-corrected chi connectivity index (χ0v) is 12.1. The van der Waals surface area contributed by atoms with Gasteiger partial charge in [0.25, 0.3) is 0 Å². The number of hydrogen-bond donors (Lipinski definition) is 0. The summed E-state index contributed by atoms with van der Waals surface area (Å²) in [6, 6.07) is 0.751. The van der Waals surface area contributed by atoms with Crippen molar-refractivity contribution >= 4 is 11.6 Å². The van der Waals surface area contributed by atoms with E-state index in [0.717, 1.165) is 37.4 Å². The molecular weight excluding hydrogens is 246 g/mol. The standard InChI is InChI=1S/C14H24ClN3/c1-13-16-8-10-17(13)11-12-18(9-7-15)14-5-3-2-4-6-14/h8,10,14H,2-7,9,11-12H2,1H3. The van der Waals surface area contributed by atoms with Gasteiger partial charge in [-0.05, 0) is 19.8 Å². The van der Waals surface area contributed by atoms with Crippen LogP contribution in [0.15, 0.2) is 12.4 Å². The Labute approximate surface area is 115 Å². The molecule has 102 valence electrons. The maximum Gasteiger partial charge on any atom is 0.105 e. The van der Waals surface area contributed by atoms with Crippen LogP contribution in [-0.4, -0.2) is 39.5 Å². The number of nitrogens with zero attached hydrogens (tertiary/aromatic N) is 3. The molecule has 1 aromatic heterocycles. The lowest BCUT2D eigenvalue weighted by Gasteiger charge is -2.34. The highest BCUT2D eigenvalue weighted by Gasteiger charge is 2.20. The molecule has 1 saturated carbocycles. The summed E-state index contributed by atoms with van der Waals surface area (Å²) in [6.07, 6.45) is 10.8.